The smallest absolute Gasteiger partial charge is 0.422 e. The van der Waals surface area contributed by atoms with Crippen molar-refractivity contribution in [2.24, 2.45) is 11.8 Å². The van der Waals surface area contributed by atoms with Gasteiger partial charge in [-0.15, -0.1) is 0 Å². The van der Waals surface area contributed by atoms with Crippen LogP contribution in [0.25, 0.3) is 0 Å². The van der Waals surface area contributed by atoms with Gasteiger partial charge in [0.1, 0.15) is 5.56 Å². The standard InChI is InChI=1S/C18H21Cl3O6/c1-9(2)7-10(3)5-4-6-26-17(24)13-14(21)11(19)8-12(20)15(13)27-18(25)16(22)23/h8-10H,4-7H2,1-3H3,(H,22,23). The van der Waals surface area contributed by atoms with E-state index in [-0.39, 0.29) is 27.2 Å². The van der Waals surface area contributed by atoms with E-state index in [1.807, 2.05) is 0 Å². The van der Waals surface area contributed by atoms with Crippen LogP contribution in [0.2, 0.25) is 15.1 Å². The molecule has 6 nitrogen and oxygen atoms in total. The van der Waals surface area contributed by atoms with Crippen LogP contribution >= 0.6 is 34.8 Å². The number of halogens is 3. The molecule has 1 N–H and O–H groups in total. The molecule has 1 unspecified atom stereocenters. The van der Waals surface area contributed by atoms with Crippen molar-refractivity contribution in [2.75, 3.05) is 6.61 Å². The summed E-state index contributed by atoms with van der Waals surface area (Å²) in [6.07, 6.45) is 2.57. The van der Waals surface area contributed by atoms with Crippen LogP contribution in [0.1, 0.15) is 50.4 Å². The van der Waals surface area contributed by atoms with Crippen molar-refractivity contribution in [2.45, 2.75) is 40.0 Å². The molecule has 0 aliphatic carbocycles. The molecule has 9 heteroatoms. The zero-order valence-electron chi connectivity index (χ0n) is 15.2. The van der Waals surface area contributed by atoms with Crippen molar-refractivity contribution < 1.29 is 29.0 Å². The fourth-order valence-corrected chi connectivity index (χ4v) is 3.31. The quantitative estimate of drug-likeness (QED) is 0.195. The van der Waals surface area contributed by atoms with Crippen molar-refractivity contribution in [3.05, 3.63) is 26.7 Å². The largest absolute Gasteiger partial charge is 0.473 e. The van der Waals surface area contributed by atoms with Crippen molar-refractivity contribution >= 4 is 52.7 Å². The monoisotopic (exact) mass is 438 g/mol. The lowest BCUT2D eigenvalue weighted by Gasteiger charge is -2.15. The second kappa shape index (κ2) is 10.7. The van der Waals surface area contributed by atoms with Gasteiger partial charge in [0, 0.05) is 0 Å². The van der Waals surface area contributed by atoms with E-state index in [4.69, 9.17) is 44.6 Å². The van der Waals surface area contributed by atoms with Crippen LogP contribution in [-0.2, 0) is 14.3 Å². The van der Waals surface area contributed by atoms with Gasteiger partial charge in [-0.05, 0) is 37.2 Å². The highest BCUT2D eigenvalue weighted by atomic mass is 35.5. The molecule has 0 aromatic heterocycles. The Morgan fingerprint density at radius 3 is 2.30 bits per heavy atom. The van der Waals surface area contributed by atoms with E-state index in [1.54, 1.807) is 0 Å². The van der Waals surface area contributed by atoms with Crippen LogP contribution in [0, 0.1) is 11.8 Å². The van der Waals surface area contributed by atoms with Crippen molar-refractivity contribution in [3.63, 3.8) is 0 Å². The average molecular weight is 440 g/mol. The summed E-state index contributed by atoms with van der Waals surface area (Å²) in [6.45, 7) is 6.52. The molecule has 1 aromatic rings. The molecule has 1 atom stereocenters. The number of benzene rings is 1. The summed E-state index contributed by atoms with van der Waals surface area (Å²) in [6, 6.07) is 1.14. The van der Waals surface area contributed by atoms with E-state index in [9.17, 15) is 14.4 Å². The van der Waals surface area contributed by atoms with Gasteiger partial charge in [-0.2, -0.15) is 0 Å². The lowest BCUT2D eigenvalue weighted by Crippen LogP contribution is -2.21. The fraction of sp³-hybridized carbons (Fsp3) is 0.500. The molecule has 0 heterocycles. The van der Waals surface area contributed by atoms with E-state index in [2.05, 4.69) is 25.5 Å². The number of carboxylic acids is 1. The summed E-state index contributed by atoms with van der Waals surface area (Å²) in [5, 5.41) is 8.14. The SMILES string of the molecule is CC(C)CC(C)CCCOC(=O)c1c(Cl)c(Cl)cc(Cl)c1OC(=O)C(=O)O. The third kappa shape index (κ3) is 7.20. The topological polar surface area (TPSA) is 89.9 Å². The first kappa shape index (κ1) is 23.5. The van der Waals surface area contributed by atoms with Gasteiger partial charge in [-0.3, -0.25) is 0 Å². The van der Waals surface area contributed by atoms with E-state index in [0.29, 0.717) is 18.3 Å². The number of hydrogen-bond donors (Lipinski definition) is 1. The highest BCUT2D eigenvalue weighted by Gasteiger charge is 2.27. The van der Waals surface area contributed by atoms with Gasteiger partial charge in [0.05, 0.1) is 21.7 Å². The fourth-order valence-electron chi connectivity index (χ4n) is 2.59. The zero-order valence-corrected chi connectivity index (χ0v) is 17.5. The minimum atomic E-state index is -1.85. The van der Waals surface area contributed by atoms with Gasteiger partial charge in [0.15, 0.2) is 5.75 Å². The summed E-state index contributed by atoms with van der Waals surface area (Å²) in [4.78, 5) is 34.5. The molecule has 0 aliphatic heterocycles. The molecule has 150 valence electrons. The molecular formula is C18H21Cl3O6. The Kier molecular flexibility index (Phi) is 9.36. The molecule has 0 bridgehead atoms. The van der Waals surface area contributed by atoms with Gasteiger partial charge < -0.3 is 14.6 Å². The first-order chi connectivity index (χ1) is 12.5. The molecule has 0 radical (unpaired) electrons. The summed E-state index contributed by atoms with van der Waals surface area (Å²) in [7, 11) is 0. The number of carboxylic acid groups (broad SMARTS) is 1. The molecule has 0 saturated heterocycles. The lowest BCUT2D eigenvalue weighted by atomic mass is 9.95. The third-order valence-corrected chi connectivity index (χ3v) is 4.72. The molecular weight excluding hydrogens is 419 g/mol. The molecule has 0 aliphatic rings. The van der Waals surface area contributed by atoms with Gasteiger partial charge in [-0.25, -0.2) is 14.4 Å². The number of carbonyl (C=O) groups excluding carboxylic acids is 2. The number of hydrogen-bond acceptors (Lipinski definition) is 5. The lowest BCUT2D eigenvalue weighted by molar-refractivity contribution is -0.158. The van der Waals surface area contributed by atoms with E-state index >= 15 is 0 Å². The normalized spacial score (nSPS) is 12.0. The third-order valence-electron chi connectivity index (χ3n) is 3.65. The van der Waals surface area contributed by atoms with E-state index in [1.165, 1.54) is 0 Å². The zero-order chi connectivity index (χ0) is 20.7. The first-order valence-electron chi connectivity index (χ1n) is 8.34. The average Bonchev–Trinajstić information content (AvgIpc) is 2.55. The molecule has 27 heavy (non-hydrogen) atoms. The maximum atomic E-state index is 12.4. The number of ether oxygens (including phenoxy) is 2. The minimum Gasteiger partial charge on any atom is -0.473 e. The highest BCUT2D eigenvalue weighted by Crippen LogP contribution is 2.39. The van der Waals surface area contributed by atoms with Gasteiger partial charge >= 0.3 is 17.9 Å². The molecule has 0 fully saturated rings. The molecule has 1 rings (SSSR count). The first-order valence-corrected chi connectivity index (χ1v) is 9.47. The van der Waals surface area contributed by atoms with Crippen LogP contribution in [0.3, 0.4) is 0 Å². The second-order valence-corrected chi connectivity index (χ2v) is 7.76. The number of esters is 2. The molecule has 1 aromatic carbocycles. The summed E-state index contributed by atoms with van der Waals surface area (Å²) in [5.41, 5.74) is -0.390. The van der Waals surface area contributed by atoms with Crippen LogP contribution < -0.4 is 4.74 Å². The molecule has 0 saturated carbocycles. The van der Waals surface area contributed by atoms with Crippen LogP contribution in [0.15, 0.2) is 6.07 Å². The Morgan fingerprint density at radius 1 is 1.11 bits per heavy atom. The Bertz CT molecular complexity index is 718. The van der Waals surface area contributed by atoms with Crippen LogP contribution in [0.4, 0.5) is 0 Å². The van der Waals surface area contributed by atoms with Gasteiger partial charge in [0.2, 0.25) is 0 Å². The Hall–Kier alpha value is -1.50. The highest BCUT2D eigenvalue weighted by molar-refractivity contribution is 6.46. The Balaban J connectivity index is 2.88. The predicted octanol–water partition coefficient (Wildman–Crippen LogP) is 5.26. The van der Waals surface area contributed by atoms with Crippen LogP contribution in [-0.4, -0.2) is 29.6 Å². The van der Waals surface area contributed by atoms with Crippen molar-refractivity contribution in [3.8, 4) is 5.75 Å². The second-order valence-electron chi connectivity index (χ2n) is 6.57. The molecule has 0 spiro atoms. The molecule has 0 amide bonds. The van der Waals surface area contributed by atoms with Crippen molar-refractivity contribution in [1.82, 2.24) is 0 Å². The van der Waals surface area contributed by atoms with E-state index in [0.717, 1.165) is 18.9 Å². The van der Waals surface area contributed by atoms with Crippen LogP contribution in [0.5, 0.6) is 5.75 Å². The van der Waals surface area contributed by atoms with Gasteiger partial charge in [0.25, 0.3) is 0 Å². The minimum absolute atomic E-state index is 0.0608. The van der Waals surface area contributed by atoms with Gasteiger partial charge in [-0.1, -0.05) is 55.6 Å². The maximum Gasteiger partial charge on any atom is 0.422 e. The number of aliphatic carboxylic acids is 1. The summed E-state index contributed by atoms with van der Waals surface area (Å²) < 4.78 is 9.85. The maximum absolute atomic E-state index is 12.4. The summed E-state index contributed by atoms with van der Waals surface area (Å²) >= 11 is 17.9. The predicted molar refractivity (Wildman–Crippen MR) is 103 cm³/mol. The van der Waals surface area contributed by atoms with Crippen molar-refractivity contribution in [1.29, 1.82) is 0 Å². The number of rotatable bonds is 8. The van der Waals surface area contributed by atoms with E-state index < -0.39 is 23.7 Å². The Morgan fingerprint density at radius 2 is 1.74 bits per heavy atom. The summed E-state index contributed by atoms with van der Waals surface area (Å²) in [5.74, 6) is -3.81. The number of carbonyl (C=O) groups is 3. The Labute approximate surface area is 172 Å².